The van der Waals surface area contributed by atoms with Gasteiger partial charge in [0.25, 0.3) is 0 Å². The Hall–Kier alpha value is -4.58. The Balaban J connectivity index is 2.07. The largest absolute Gasteiger partial charge is 0.481 e. The molecule has 23 heteroatoms. The number of hydrogen-bond acceptors (Lipinski definition) is 14. The maximum absolute atomic E-state index is 12.9. The van der Waals surface area contributed by atoms with Crippen molar-refractivity contribution in [3.63, 3.8) is 0 Å². The Morgan fingerprint density at radius 1 is 0.600 bits per heavy atom. The lowest BCUT2D eigenvalue weighted by Gasteiger charge is -2.29. The molecule has 0 radical (unpaired) electrons. The van der Waals surface area contributed by atoms with Gasteiger partial charge in [-0.2, -0.15) is 12.6 Å². The number of amides is 6. The van der Waals surface area contributed by atoms with Crippen molar-refractivity contribution in [2.75, 3.05) is 79.0 Å². The molecule has 0 heterocycles. The van der Waals surface area contributed by atoms with E-state index < -0.39 is 41.8 Å². The average Bonchev–Trinajstić information content (AvgIpc) is 3.24. The van der Waals surface area contributed by atoms with Gasteiger partial charge >= 0.3 is 17.9 Å². The monoisotopic (exact) mass is 948 g/mol. The lowest BCUT2D eigenvalue weighted by Crippen LogP contribution is -2.45. The van der Waals surface area contributed by atoms with Crippen LogP contribution in [0.2, 0.25) is 0 Å². The average molecular weight is 949 g/mol. The summed E-state index contributed by atoms with van der Waals surface area (Å²) in [5, 5.41) is 43.5. The van der Waals surface area contributed by atoms with E-state index >= 15 is 0 Å². The fraction of sp³-hybridized carbons (Fsp3) is 0.786. The summed E-state index contributed by atoms with van der Waals surface area (Å²) >= 11 is 4.42. The molecule has 6 amide bonds. The minimum atomic E-state index is -1.25. The number of nitrogens with one attached hydrogen (secondary N) is 6. The van der Waals surface area contributed by atoms with Gasteiger partial charge in [0.2, 0.25) is 35.4 Å². The second-order valence-corrected chi connectivity index (χ2v) is 16.7. The van der Waals surface area contributed by atoms with Crippen molar-refractivity contribution in [2.24, 2.45) is 17.8 Å². The molecule has 22 nitrogen and oxygen atoms in total. The van der Waals surface area contributed by atoms with Gasteiger partial charge in [0, 0.05) is 63.0 Å². The van der Waals surface area contributed by atoms with E-state index in [0.29, 0.717) is 64.5 Å². The lowest BCUT2D eigenvalue weighted by atomic mass is 9.81. The highest BCUT2D eigenvalue weighted by Gasteiger charge is 2.30. The molecule has 0 aromatic rings. The van der Waals surface area contributed by atoms with Crippen LogP contribution in [0.15, 0.2) is 0 Å². The van der Waals surface area contributed by atoms with Gasteiger partial charge in [-0.25, -0.2) is 9.59 Å². The molecule has 65 heavy (non-hydrogen) atoms. The number of aliphatic carboxylic acids is 3. The third kappa shape index (κ3) is 31.1. The maximum Gasteiger partial charge on any atom is 0.326 e. The van der Waals surface area contributed by atoms with E-state index in [2.05, 4.69) is 44.5 Å². The molecule has 0 aliphatic heterocycles. The zero-order chi connectivity index (χ0) is 48.4. The molecule has 0 spiro atoms. The van der Waals surface area contributed by atoms with Crippen molar-refractivity contribution in [2.45, 2.75) is 115 Å². The first-order valence-corrected chi connectivity index (χ1v) is 22.8. The first-order valence-electron chi connectivity index (χ1n) is 22.3. The second kappa shape index (κ2) is 35.7. The maximum atomic E-state index is 12.9. The molecular weight excluding hydrogens is 877 g/mol. The van der Waals surface area contributed by atoms with Crippen molar-refractivity contribution in [3.05, 3.63) is 0 Å². The van der Waals surface area contributed by atoms with E-state index in [9.17, 15) is 53.4 Å². The SMILES string of the molecule is CCC(=O)NCCCCC(NC(=O)COCCOCCNC(=O)COCCOCCNC(=O)CCC(NC(=O)C1CCC(CNC(=O)CC(S)CC(C)CC(=O)O)CC1)C(=O)O)C(=O)O. The summed E-state index contributed by atoms with van der Waals surface area (Å²) in [7, 11) is 0. The second-order valence-electron chi connectivity index (χ2n) is 15.9. The highest BCUT2D eigenvalue weighted by molar-refractivity contribution is 7.81. The van der Waals surface area contributed by atoms with Crippen molar-refractivity contribution >= 4 is 66.0 Å². The molecule has 1 rings (SSSR count). The Kier molecular flexibility index (Phi) is 32.1. The molecular formula is C42H72N6O16S. The number of rotatable bonds is 38. The first-order chi connectivity index (χ1) is 31.0. The normalized spacial score (nSPS) is 16.5. The van der Waals surface area contributed by atoms with Crippen molar-refractivity contribution in [3.8, 4) is 0 Å². The topological polar surface area (TPSA) is 323 Å². The van der Waals surface area contributed by atoms with Crippen LogP contribution in [0, 0.1) is 17.8 Å². The highest BCUT2D eigenvalue weighted by atomic mass is 32.1. The van der Waals surface area contributed by atoms with Crippen molar-refractivity contribution in [1.82, 2.24) is 31.9 Å². The summed E-state index contributed by atoms with van der Waals surface area (Å²) in [6, 6.07) is -2.30. The van der Waals surface area contributed by atoms with Crippen LogP contribution in [0.4, 0.5) is 0 Å². The number of ether oxygens (including phenoxy) is 4. The number of carboxylic acids is 3. The van der Waals surface area contributed by atoms with Crippen molar-refractivity contribution < 1.29 is 77.4 Å². The van der Waals surface area contributed by atoms with Gasteiger partial charge in [0.1, 0.15) is 25.3 Å². The van der Waals surface area contributed by atoms with Crippen LogP contribution >= 0.6 is 12.6 Å². The molecule has 1 saturated carbocycles. The molecule has 372 valence electrons. The fourth-order valence-electron chi connectivity index (χ4n) is 6.68. The molecule has 0 aromatic carbocycles. The zero-order valence-corrected chi connectivity index (χ0v) is 38.6. The molecule has 1 aliphatic rings. The van der Waals surface area contributed by atoms with Gasteiger partial charge < -0.3 is 66.2 Å². The predicted octanol–water partition coefficient (Wildman–Crippen LogP) is 0.0127. The fourth-order valence-corrected chi connectivity index (χ4v) is 7.20. The van der Waals surface area contributed by atoms with Crippen LogP contribution in [0.25, 0.3) is 0 Å². The van der Waals surface area contributed by atoms with Gasteiger partial charge in [-0.1, -0.05) is 13.8 Å². The third-order valence-electron chi connectivity index (χ3n) is 10.2. The number of carbonyl (C=O) groups is 9. The molecule has 1 aliphatic carbocycles. The number of carboxylic acid groups (broad SMARTS) is 3. The minimum Gasteiger partial charge on any atom is -0.481 e. The van der Waals surface area contributed by atoms with Crippen LogP contribution in [0.1, 0.15) is 97.3 Å². The van der Waals surface area contributed by atoms with Gasteiger partial charge in [-0.05, 0) is 69.6 Å². The van der Waals surface area contributed by atoms with E-state index in [1.165, 1.54) is 0 Å². The molecule has 9 N–H and O–H groups in total. The molecule has 1 fully saturated rings. The number of thiol groups is 1. The Bertz CT molecular complexity index is 1480. The van der Waals surface area contributed by atoms with Crippen LogP contribution in [-0.4, -0.2) is 165 Å². The summed E-state index contributed by atoms with van der Waals surface area (Å²) in [5.41, 5.74) is 0. The van der Waals surface area contributed by atoms with Crippen LogP contribution in [0.5, 0.6) is 0 Å². The van der Waals surface area contributed by atoms with Crippen LogP contribution < -0.4 is 31.9 Å². The highest BCUT2D eigenvalue weighted by Crippen LogP contribution is 2.29. The van der Waals surface area contributed by atoms with E-state index in [0.717, 1.165) is 0 Å². The van der Waals surface area contributed by atoms with Crippen molar-refractivity contribution in [1.29, 1.82) is 0 Å². The molecule has 4 unspecified atom stereocenters. The Morgan fingerprint density at radius 3 is 1.74 bits per heavy atom. The van der Waals surface area contributed by atoms with E-state index in [4.69, 9.17) is 24.1 Å². The number of carbonyl (C=O) groups excluding carboxylic acids is 6. The Morgan fingerprint density at radius 2 is 1.15 bits per heavy atom. The standard InChI is InChI=1S/C42H72N6O16S/c1-3-34(49)43-13-5-4-6-32(41(57)58)47-38(53)27-64-21-19-62-17-15-45-37(52)26-63-20-18-61-16-14-44-35(50)12-11-33(42(59)60)48-40(56)30-9-7-29(8-10-30)25-46-36(51)24-31(65)22-28(2)23-39(54)55/h28-33,65H,3-27H2,1-2H3,(H,43,49)(H,44,50)(H,45,52)(H,46,51)(H,47,53)(H,48,56)(H,54,55)(H,57,58)(H,59,60). The molecule has 0 bridgehead atoms. The number of hydrogen-bond donors (Lipinski definition) is 10. The zero-order valence-electron chi connectivity index (χ0n) is 37.7. The first kappa shape index (κ1) is 58.4. The predicted molar refractivity (Wildman–Crippen MR) is 237 cm³/mol. The number of unbranched alkanes of at least 4 members (excludes halogenated alkanes) is 1. The Labute approximate surface area is 385 Å². The summed E-state index contributed by atoms with van der Waals surface area (Å²) in [4.78, 5) is 107. The molecule has 0 aromatic heterocycles. The van der Waals surface area contributed by atoms with Gasteiger partial charge in [-0.15, -0.1) is 0 Å². The van der Waals surface area contributed by atoms with Gasteiger partial charge in [-0.3, -0.25) is 33.6 Å². The van der Waals surface area contributed by atoms with E-state index in [1.807, 2.05) is 0 Å². The quantitative estimate of drug-likeness (QED) is 0.0288. The van der Waals surface area contributed by atoms with Gasteiger partial charge in [0.05, 0.1) is 39.6 Å². The third-order valence-corrected chi connectivity index (χ3v) is 10.6. The van der Waals surface area contributed by atoms with E-state index in [-0.39, 0.29) is 145 Å². The van der Waals surface area contributed by atoms with Crippen LogP contribution in [0.3, 0.4) is 0 Å². The lowest BCUT2D eigenvalue weighted by molar-refractivity contribution is -0.143. The van der Waals surface area contributed by atoms with Crippen LogP contribution in [-0.2, 0) is 62.1 Å². The summed E-state index contributed by atoms with van der Waals surface area (Å²) in [5.74, 6) is -5.59. The molecule has 4 atom stereocenters. The van der Waals surface area contributed by atoms with Gasteiger partial charge in [0.15, 0.2) is 0 Å². The summed E-state index contributed by atoms with van der Waals surface area (Å²) in [6.45, 7) is 5.01. The smallest absolute Gasteiger partial charge is 0.326 e. The molecule has 0 saturated heterocycles. The minimum absolute atomic E-state index is 0.0192. The summed E-state index contributed by atoms with van der Waals surface area (Å²) in [6.07, 6.45) is 4.57. The summed E-state index contributed by atoms with van der Waals surface area (Å²) < 4.78 is 21.2. The van der Waals surface area contributed by atoms with E-state index in [1.54, 1.807) is 13.8 Å².